The summed E-state index contributed by atoms with van der Waals surface area (Å²) >= 11 is 1.53. The lowest BCUT2D eigenvalue weighted by Crippen LogP contribution is -2.38. The lowest BCUT2D eigenvalue weighted by atomic mass is 9.99. The van der Waals surface area contributed by atoms with Gasteiger partial charge in [-0.25, -0.2) is 0 Å². The number of amides is 1. The van der Waals surface area contributed by atoms with Crippen LogP contribution in [-0.4, -0.2) is 22.5 Å². The van der Waals surface area contributed by atoms with E-state index in [2.05, 4.69) is 10.3 Å². The molecule has 1 amide bonds. The molecule has 1 atom stereocenters. The number of H-pyrrole nitrogens is 1. The number of carbonyl (C=O) groups is 1. The highest BCUT2D eigenvalue weighted by atomic mass is 32.1. The van der Waals surface area contributed by atoms with Gasteiger partial charge in [-0.2, -0.15) is 11.3 Å². The molecule has 0 saturated heterocycles. The monoisotopic (exact) mass is 328 g/mol. The van der Waals surface area contributed by atoms with Crippen LogP contribution in [0.1, 0.15) is 34.1 Å². The van der Waals surface area contributed by atoms with Crippen LogP contribution in [0.2, 0.25) is 0 Å². The van der Waals surface area contributed by atoms with Crippen LogP contribution in [0.15, 0.2) is 35.0 Å². The number of aliphatic hydroxyl groups is 1. The maximum atomic E-state index is 12.4. The van der Waals surface area contributed by atoms with E-state index in [9.17, 15) is 9.90 Å². The predicted octanol–water partition coefficient (Wildman–Crippen LogP) is 3.48. The summed E-state index contributed by atoms with van der Waals surface area (Å²) in [5.74, 6) is -0.180. The van der Waals surface area contributed by atoms with Crippen LogP contribution in [-0.2, 0) is 5.60 Å². The second kappa shape index (κ2) is 5.83. The minimum Gasteiger partial charge on any atom is -0.384 e. The fraction of sp³-hybridized carbons (Fsp3) is 0.278. The van der Waals surface area contributed by atoms with E-state index in [0.717, 1.165) is 27.7 Å². The maximum Gasteiger partial charge on any atom is 0.251 e. The Labute approximate surface area is 139 Å². The predicted molar refractivity (Wildman–Crippen MR) is 94.0 cm³/mol. The molecule has 0 fully saturated rings. The Hall–Kier alpha value is -2.11. The Morgan fingerprint density at radius 1 is 1.35 bits per heavy atom. The summed E-state index contributed by atoms with van der Waals surface area (Å²) in [4.78, 5) is 15.7. The van der Waals surface area contributed by atoms with E-state index in [1.165, 1.54) is 11.3 Å². The van der Waals surface area contributed by atoms with E-state index in [-0.39, 0.29) is 12.5 Å². The van der Waals surface area contributed by atoms with Crippen molar-refractivity contribution in [3.05, 3.63) is 57.4 Å². The van der Waals surface area contributed by atoms with Gasteiger partial charge in [-0.3, -0.25) is 4.79 Å². The van der Waals surface area contributed by atoms with Crippen molar-refractivity contribution in [1.29, 1.82) is 0 Å². The standard InChI is InChI=1S/C18H20N2O2S/c1-11-12(2)20-16-5-4-13(8-15(11)16)17(21)19-10-18(3,22)14-6-7-23-9-14/h4-9,20,22H,10H2,1-3H3,(H,19,21). The van der Waals surface area contributed by atoms with Gasteiger partial charge in [0.15, 0.2) is 0 Å². The Morgan fingerprint density at radius 3 is 2.83 bits per heavy atom. The number of aromatic nitrogens is 1. The summed E-state index contributed by atoms with van der Waals surface area (Å²) in [6, 6.07) is 7.48. The first-order valence-electron chi connectivity index (χ1n) is 7.50. The molecule has 3 aromatic rings. The number of thiophene rings is 1. The Bertz CT molecular complexity index is 847. The Balaban J connectivity index is 1.77. The third kappa shape index (κ3) is 3.02. The smallest absolute Gasteiger partial charge is 0.251 e. The third-order valence-corrected chi connectivity index (χ3v) is 4.99. The molecule has 3 rings (SSSR count). The number of hydrogen-bond donors (Lipinski definition) is 3. The van der Waals surface area contributed by atoms with Crippen molar-refractivity contribution < 1.29 is 9.90 Å². The van der Waals surface area contributed by atoms with Crippen molar-refractivity contribution in [3.63, 3.8) is 0 Å². The molecule has 2 heterocycles. The van der Waals surface area contributed by atoms with Gasteiger partial charge in [0.25, 0.3) is 5.91 Å². The van der Waals surface area contributed by atoms with Crippen molar-refractivity contribution in [3.8, 4) is 0 Å². The summed E-state index contributed by atoms with van der Waals surface area (Å²) < 4.78 is 0. The van der Waals surface area contributed by atoms with Gasteiger partial charge in [-0.05, 0) is 66.9 Å². The molecule has 1 unspecified atom stereocenters. The molecule has 1 aromatic carbocycles. The zero-order valence-corrected chi connectivity index (χ0v) is 14.3. The fourth-order valence-corrected chi connectivity index (χ4v) is 3.41. The van der Waals surface area contributed by atoms with E-state index in [0.29, 0.717) is 5.56 Å². The van der Waals surface area contributed by atoms with Crippen molar-refractivity contribution >= 4 is 28.1 Å². The van der Waals surface area contributed by atoms with E-state index in [1.807, 2.05) is 42.8 Å². The number of aromatic amines is 1. The van der Waals surface area contributed by atoms with E-state index in [4.69, 9.17) is 0 Å². The summed E-state index contributed by atoms with van der Waals surface area (Å²) in [5.41, 5.74) is 3.64. The number of benzene rings is 1. The number of rotatable bonds is 4. The largest absolute Gasteiger partial charge is 0.384 e. The molecule has 5 heteroatoms. The minimum atomic E-state index is -1.07. The molecule has 0 aliphatic rings. The normalized spacial score (nSPS) is 13.9. The van der Waals surface area contributed by atoms with E-state index >= 15 is 0 Å². The molecule has 120 valence electrons. The topological polar surface area (TPSA) is 65.1 Å². The summed E-state index contributed by atoms with van der Waals surface area (Å²) in [7, 11) is 0. The van der Waals surface area contributed by atoms with Gasteiger partial charge < -0.3 is 15.4 Å². The lowest BCUT2D eigenvalue weighted by molar-refractivity contribution is 0.0530. The van der Waals surface area contributed by atoms with Crippen molar-refractivity contribution in [1.82, 2.24) is 10.3 Å². The van der Waals surface area contributed by atoms with Gasteiger partial charge in [-0.15, -0.1) is 0 Å². The molecule has 2 aromatic heterocycles. The minimum absolute atomic E-state index is 0.172. The number of fused-ring (bicyclic) bond motifs is 1. The first-order chi connectivity index (χ1) is 10.9. The van der Waals surface area contributed by atoms with Crippen LogP contribution >= 0.6 is 11.3 Å². The van der Waals surface area contributed by atoms with E-state index < -0.39 is 5.60 Å². The third-order valence-electron chi connectivity index (χ3n) is 4.31. The first-order valence-corrected chi connectivity index (χ1v) is 8.45. The van der Waals surface area contributed by atoms with Crippen LogP contribution in [0.25, 0.3) is 10.9 Å². The average Bonchev–Trinajstić information content (AvgIpc) is 3.15. The van der Waals surface area contributed by atoms with Crippen LogP contribution in [0.3, 0.4) is 0 Å². The highest BCUT2D eigenvalue weighted by Crippen LogP contribution is 2.24. The number of aryl methyl sites for hydroxylation is 2. The number of nitrogens with one attached hydrogen (secondary N) is 2. The van der Waals surface area contributed by atoms with Gasteiger partial charge in [0, 0.05) is 22.2 Å². The van der Waals surface area contributed by atoms with Crippen molar-refractivity contribution in [2.45, 2.75) is 26.4 Å². The molecule has 0 bridgehead atoms. The summed E-state index contributed by atoms with van der Waals surface area (Å²) in [6.07, 6.45) is 0. The van der Waals surface area contributed by atoms with Crippen LogP contribution in [0.5, 0.6) is 0 Å². The average molecular weight is 328 g/mol. The molecular weight excluding hydrogens is 308 g/mol. The molecule has 4 nitrogen and oxygen atoms in total. The van der Waals surface area contributed by atoms with Gasteiger partial charge in [0.05, 0.1) is 6.54 Å². The molecule has 0 aliphatic heterocycles. The molecule has 0 saturated carbocycles. The Kier molecular flexibility index (Phi) is 4.00. The quantitative estimate of drug-likeness (QED) is 0.686. The maximum absolute atomic E-state index is 12.4. The van der Waals surface area contributed by atoms with Gasteiger partial charge in [-0.1, -0.05) is 0 Å². The molecule has 0 aliphatic carbocycles. The first kappa shape index (κ1) is 15.8. The van der Waals surface area contributed by atoms with Gasteiger partial charge in [0.1, 0.15) is 5.60 Å². The zero-order chi connectivity index (χ0) is 16.6. The van der Waals surface area contributed by atoms with Crippen molar-refractivity contribution in [2.24, 2.45) is 0 Å². The second-order valence-electron chi connectivity index (χ2n) is 6.10. The van der Waals surface area contributed by atoms with Crippen LogP contribution < -0.4 is 5.32 Å². The fourth-order valence-electron chi connectivity index (χ4n) is 2.63. The molecule has 23 heavy (non-hydrogen) atoms. The van der Waals surface area contributed by atoms with E-state index in [1.54, 1.807) is 13.0 Å². The number of carbonyl (C=O) groups excluding carboxylic acids is 1. The molecular formula is C18H20N2O2S. The summed E-state index contributed by atoms with van der Waals surface area (Å²) in [6.45, 7) is 5.94. The highest BCUT2D eigenvalue weighted by Gasteiger charge is 2.24. The number of hydrogen-bond acceptors (Lipinski definition) is 3. The van der Waals surface area contributed by atoms with Crippen LogP contribution in [0, 0.1) is 13.8 Å². The molecule has 3 N–H and O–H groups in total. The highest BCUT2D eigenvalue weighted by molar-refractivity contribution is 7.08. The second-order valence-corrected chi connectivity index (χ2v) is 6.88. The van der Waals surface area contributed by atoms with Crippen molar-refractivity contribution in [2.75, 3.05) is 6.54 Å². The van der Waals surface area contributed by atoms with Gasteiger partial charge in [0.2, 0.25) is 0 Å². The zero-order valence-electron chi connectivity index (χ0n) is 13.4. The van der Waals surface area contributed by atoms with Crippen LogP contribution in [0.4, 0.5) is 0 Å². The lowest BCUT2D eigenvalue weighted by Gasteiger charge is -2.22. The molecule has 0 spiro atoms. The molecule has 0 radical (unpaired) electrons. The SMILES string of the molecule is Cc1[nH]c2ccc(C(=O)NCC(C)(O)c3ccsc3)cc2c1C. The van der Waals surface area contributed by atoms with Gasteiger partial charge >= 0.3 is 0 Å². The Morgan fingerprint density at radius 2 is 2.13 bits per heavy atom. The summed E-state index contributed by atoms with van der Waals surface area (Å²) in [5, 5.41) is 18.2.